The predicted octanol–water partition coefficient (Wildman–Crippen LogP) is 4.62. The Labute approximate surface area is 191 Å². The average Bonchev–Trinajstić information content (AvgIpc) is 2.79. The highest BCUT2D eigenvalue weighted by atomic mass is 35.5. The van der Waals surface area contributed by atoms with Gasteiger partial charge in [-0.05, 0) is 29.8 Å². The van der Waals surface area contributed by atoms with Gasteiger partial charge in [0.05, 0.1) is 11.3 Å². The van der Waals surface area contributed by atoms with Crippen molar-refractivity contribution in [3.63, 3.8) is 0 Å². The first-order valence-corrected chi connectivity index (χ1v) is 9.76. The molecule has 3 rings (SSSR count). The summed E-state index contributed by atoms with van der Waals surface area (Å²) in [5, 5.41) is 6.97. The van der Waals surface area contributed by atoms with E-state index in [1.165, 1.54) is 19.3 Å². The lowest BCUT2D eigenvalue weighted by Gasteiger charge is -2.12. The van der Waals surface area contributed by atoms with Crippen LogP contribution in [0.25, 0.3) is 0 Å². The van der Waals surface area contributed by atoms with Crippen molar-refractivity contribution in [2.24, 2.45) is 0 Å². The Morgan fingerprint density at radius 1 is 1.06 bits per heavy atom. The highest BCUT2D eigenvalue weighted by molar-refractivity contribution is 6.32. The minimum atomic E-state index is -4.62. The van der Waals surface area contributed by atoms with Crippen molar-refractivity contribution < 1.29 is 27.5 Å². The minimum absolute atomic E-state index is 0.0895. The first-order chi connectivity index (χ1) is 15.7. The van der Waals surface area contributed by atoms with Gasteiger partial charge in [-0.1, -0.05) is 23.7 Å². The summed E-state index contributed by atoms with van der Waals surface area (Å²) < 4.78 is 44.1. The first-order valence-electron chi connectivity index (χ1n) is 9.38. The van der Waals surface area contributed by atoms with Crippen LogP contribution in [0.1, 0.15) is 21.6 Å². The van der Waals surface area contributed by atoms with E-state index in [9.17, 15) is 22.8 Å². The van der Waals surface area contributed by atoms with Crippen LogP contribution in [0.15, 0.2) is 54.9 Å². The molecule has 3 aromatic rings. The molecule has 172 valence electrons. The predicted molar refractivity (Wildman–Crippen MR) is 114 cm³/mol. The molecule has 33 heavy (non-hydrogen) atoms. The third-order valence-electron chi connectivity index (χ3n) is 4.22. The van der Waals surface area contributed by atoms with E-state index in [1.54, 1.807) is 30.3 Å². The van der Waals surface area contributed by atoms with Gasteiger partial charge in [0.15, 0.2) is 5.15 Å². The fourth-order valence-corrected chi connectivity index (χ4v) is 2.73. The molecule has 0 atom stereocenters. The summed E-state index contributed by atoms with van der Waals surface area (Å²) in [5.41, 5.74) is -0.389. The lowest BCUT2D eigenvalue weighted by Crippen LogP contribution is -2.28. The number of halogens is 4. The molecule has 0 fully saturated rings. The van der Waals surface area contributed by atoms with Crippen LogP contribution in [0, 0.1) is 0 Å². The normalized spacial score (nSPS) is 10.9. The van der Waals surface area contributed by atoms with E-state index in [0.29, 0.717) is 29.3 Å². The number of urea groups is 1. The zero-order valence-electron chi connectivity index (χ0n) is 17.0. The van der Waals surface area contributed by atoms with Crippen molar-refractivity contribution in [3.05, 3.63) is 76.8 Å². The maximum absolute atomic E-state index is 12.8. The summed E-state index contributed by atoms with van der Waals surface area (Å²) in [7, 11) is 1.50. The molecular weight excluding hydrogens is 463 g/mol. The molecule has 12 heteroatoms. The summed E-state index contributed by atoms with van der Waals surface area (Å²) >= 11 is 5.77. The van der Waals surface area contributed by atoms with Gasteiger partial charge in [0.1, 0.15) is 17.2 Å². The molecular formula is C21H17ClF3N5O3. The van der Waals surface area contributed by atoms with Crippen LogP contribution in [0.2, 0.25) is 5.15 Å². The third-order valence-corrected chi connectivity index (χ3v) is 4.52. The number of nitrogens with zero attached hydrogens (tertiary/aromatic N) is 2. The van der Waals surface area contributed by atoms with Crippen molar-refractivity contribution >= 4 is 29.2 Å². The number of anilines is 1. The number of ether oxygens (including phenoxy) is 1. The number of nitrogens with one attached hydrogen (secondary N) is 3. The smallest absolute Gasteiger partial charge is 0.417 e. The number of rotatable bonds is 6. The van der Waals surface area contributed by atoms with E-state index in [4.69, 9.17) is 16.3 Å². The van der Waals surface area contributed by atoms with Crippen molar-refractivity contribution in [1.82, 2.24) is 20.6 Å². The van der Waals surface area contributed by atoms with Crippen LogP contribution < -0.4 is 20.7 Å². The average molecular weight is 480 g/mol. The van der Waals surface area contributed by atoms with Gasteiger partial charge < -0.3 is 20.7 Å². The van der Waals surface area contributed by atoms with Crippen molar-refractivity contribution in [3.8, 4) is 11.5 Å². The van der Waals surface area contributed by atoms with E-state index in [0.717, 1.165) is 0 Å². The Balaban J connectivity index is 1.57. The number of alkyl halides is 3. The van der Waals surface area contributed by atoms with Crippen LogP contribution in [0.5, 0.6) is 11.5 Å². The van der Waals surface area contributed by atoms with E-state index >= 15 is 0 Å². The molecule has 0 saturated carbocycles. The maximum atomic E-state index is 12.8. The van der Waals surface area contributed by atoms with Gasteiger partial charge in [-0.25, -0.2) is 9.78 Å². The highest BCUT2D eigenvalue weighted by Crippen LogP contribution is 2.32. The van der Waals surface area contributed by atoms with Gasteiger partial charge in [-0.15, -0.1) is 0 Å². The van der Waals surface area contributed by atoms with E-state index in [2.05, 4.69) is 25.9 Å². The molecule has 3 N–H and O–H groups in total. The topological polar surface area (TPSA) is 105 Å². The van der Waals surface area contributed by atoms with Gasteiger partial charge >= 0.3 is 12.2 Å². The molecule has 8 nitrogen and oxygen atoms in total. The largest absolute Gasteiger partial charge is 0.457 e. The van der Waals surface area contributed by atoms with Crippen molar-refractivity contribution in [2.75, 3.05) is 12.4 Å². The molecule has 0 aliphatic carbocycles. The zero-order valence-corrected chi connectivity index (χ0v) is 17.8. The van der Waals surface area contributed by atoms with Gasteiger partial charge in [-0.2, -0.15) is 13.2 Å². The maximum Gasteiger partial charge on any atom is 0.417 e. The summed E-state index contributed by atoms with van der Waals surface area (Å²) in [6, 6.07) is 9.73. The number of hydrogen-bond acceptors (Lipinski definition) is 5. The number of carbonyl (C=O) groups excluding carboxylic acids is 2. The summed E-state index contributed by atoms with van der Waals surface area (Å²) in [6.07, 6.45) is -2.59. The van der Waals surface area contributed by atoms with Crippen LogP contribution in [-0.4, -0.2) is 29.0 Å². The molecule has 0 bridgehead atoms. The Morgan fingerprint density at radius 3 is 2.45 bits per heavy atom. The summed E-state index contributed by atoms with van der Waals surface area (Å²) in [4.78, 5) is 31.1. The molecule has 0 spiro atoms. The highest BCUT2D eigenvalue weighted by Gasteiger charge is 2.31. The SMILES string of the molecule is CNC(=O)c1cc(Oc2ccc(CNC(=O)Nc3cc(C(F)(F)F)cnc3Cl)cc2)ccn1. The van der Waals surface area contributed by atoms with E-state index in [1.807, 2.05) is 0 Å². The summed E-state index contributed by atoms with van der Waals surface area (Å²) in [5.74, 6) is 0.557. The van der Waals surface area contributed by atoms with E-state index < -0.39 is 17.8 Å². The monoisotopic (exact) mass is 479 g/mol. The van der Waals surface area contributed by atoms with Gasteiger partial charge in [0.25, 0.3) is 5.91 Å². The number of pyridine rings is 2. The lowest BCUT2D eigenvalue weighted by molar-refractivity contribution is -0.137. The Kier molecular flexibility index (Phi) is 7.34. The Hall–Kier alpha value is -3.86. The molecule has 0 aliphatic rings. The second-order valence-corrected chi connectivity index (χ2v) is 6.93. The number of carbonyl (C=O) groups is 2. The number of hydrogen-bond donors (Lipinski definition) is 3. The molecule has 0 radical (unpaired) electrons. The fourth-order valence-electron chi connectivity index (χ4n) is 2.58. The third kappa shape index (κ3) is 6.56. The van der Waals surface area contributed by atoms with Crippen LogP contribution in [-0.2, 0) is 12.7 Å². The molecule has 2 aromatic heterocycles. The van der Waals surface area contributed by atoms with Crippen molar-refractivity contribution in [2.45, 2.75) is 12.7 Å². The first kappa shape index (κ1) is 23.8. The van der Waals surface area contributed by atoms with E-state index in [-0.39, 0.29) is 29.0 Å². The van der Waals surface area contributed by atoms with Crippen LogP contribution >= 0.6 is 11.6 Å². The second-order valence-electron chi connectivity index (χ2n) is 6.57. The molecule has 0 aliphatic heterocycles. The number of amides is 3. The lowest BCUT2D eigenvalue weighted by atomic mass is 10.2. The number of benzene rings is 1. The molecule has 3 amide bonds. The van der Waals surface area contributed by atoms with Gasteiger partial charge in [0.2, 0.25) is 0 Å². The molecule has 0 unspecified atom stereocenters. The fraction of sp³-hybridized carbons (Fsp3) is 0.143. The number of aromatic nitrogens is 2. The van der Waals surface area contributed by atoms with Crippen molar-refractivity contribution in [1.29, 1.82) is 0 Å². The minimum Gasteiger partial charge on any atom is -0.457 e. The standard InChI is InChI=1S/C21H17ClF3N5O3/c1-26-19(31)17-9-15(6-7-27-17)33-14-4-2-12(3-5-14)10-29-20(32)30-16-8-13(21(23,24)25)11-28-18(16)22/h2-9,11H,10H2,1H3,(H,26,31)(H2,29,30,32). The van der Waals surface area contributed by atoms with Gasteiger partial charge in [0, 0.05) is 32.1 Å². The molecule has 2 heterocycles. The summed E-state index contributed by atoms with van der Waals surface area (Å²) in [6.45, 7) is 0.0895. The second kappa shape index (κ2) is 10.2. The van der Waals surface area contributed by atoms with Gasteiger partial charge in [-0.3, -0.25) is 9.78 Å². The Morgan fingerprint density at radius 2 is 1.79 bits per heavy atom. The van der Waals surface area contributed by atoms with Crippen LogP contribution in [0.3, 0.4) is 0 Å². The Bertz CT molecular complexity index is 1160. The molecule has 0 saturated heterocycles. The quantitative estimate of drug-likeness (QED) is 0.447. The molecule has 1 aromatic carbocycles. The zero-order chi connectivity index (χ0) is 24.0. The van der Waals surface area contributed by atoms with Crippen LogP contribution in [0.4, 0.5) is 23.7 Å².